The minimum atomic E-state index is -5.84. The van der Waals surface area contributed by atoms with Crippen molar-refractivity contribution < 1.29 is 40.7 Å². The zero-order valence-corrected chi connectivity index (χ0v) is 8.28. The molecule has 0 heterocycles. The summed E-state index contributed by atoms with van der Waals surface area (Å²) in [6, 6.07) is 0. The fourth-order valence-corrected chi connectivity index (χ4v) is 0.823. The number of hydrogen-bond donors (Lipinski definition) is 1. The van der Waals surface area contributed by atoms with Crippen molar-refractivity contribution in [3.8, 4) is 0 Å². The summed E-state index contributed by atoms with van der Waals surface area (Å²) in [5, 5.41) is 0.854. The quantitative estimate of drug-likeness (QED) is 0.778. The Morgan fingerprint density at radius 2 is 1.53 bits per heavy atom. The molecule has 0 fully saturated rings. The van der Waals surface area contributed by atoms with E-state index >= 15 is 0 Å². The Kier molecular flexibility index (Phi) is 4.78. The maximum atomic E-state index is 12.0. The SMILES string of the molecule is CCOC(=O)NC(=O)C(C(F)(F)F)C(F)(F)F. The number of hydrogen-bond acceptors (Lipinski definition) is 3. The summed E-state index contributed by atoms with van der Waals surface area (Å²) in [7, 11) is 0. The lowest BCUT2D eigenvalue weighted by molar-refractivity contribution is -0.273. The number of alkyl carbamates (subject to hydrolysis) is 1. The lowest BCUT2D eigenvalue weighted by Gasteiger charge is -2.21. The first-order valence-corrected chi connectivity index (χ1v) is 4.11. The molecule has 0 atom stereocenters. The van der Waals surface area contributed by atoms with E-state index in [-0.39, 0.29) is 6.61 Å². The summed E-state index contributed by atoms with van der Waals surface area (Å²) < 4.78 is 75.8. The number of nitrogens with one attached hydrogen (secondary N) is 1. The van der Waals surface area contributed by atoms with Gasteiger partial charge in [-0.25, -0.2) is 4.79 Å². The Balaban J connectivity index is 4.86. The summed E-state index contributed by atoms with van der Waals surface area (Å²) in [5.41, 5.74) is 0. The molecule has 0 aromatic rings. The minimum absolute atomic E-state index is 0.304. The predicted molar refractivity (Wildman–Crippen MR) is 40.8 cm³/mol. The number of amides is 2. The Morgan fingerprint density at radius 3 is 1.82 bits per heavy atom. The van der Waals surface area contributed by atoms with Crippen molar-refractivity contribution >= 4 is 12.0 Å². The standard InChI is InChI=1S/C7H7F6NO3/c1-2-17-5(16)14-4(15)3(6(8,9)10)7(11,12)13/h3H,2H2,1H3,(H,14,15,16). The van der Waals surface area contributed by atoms with Gasteiger partial charge in [-0.15, -0.1) is 0 Å². The van der Waals surface area contributed by atoms with E-state index in [1.54, 1.807) is 0 Å². The predicted octanol–water partition coefficient (Wildman–Crippen LogP) is 2.00. The van der Waals surface area contributed by atoms with Crippen LogP contribution in [-0.2, 0) is 9.53 Å². The van der Waals surface area contributed by atoms with Gasteiger partial charge in [0.1, 0.15) is 0 Å². The molecule has 0 saturated heterocycles. The summed E-state index contributed by atoms with van der Waals surface area (Å²) in [5.74, 6) is -6.79. The molecule has 0 unspecified atom stereocenters. The van der Waals surface area contributed by atoms with Gasteiger partial charge in [-0.2, -0.15) is 26.3 Å². The third-order valence-corrected chi connectivity index (χ3v) is 1.42. The molecule has 2 amide bonds. The van der Waals surface area contributed by atoms with Gasteiger partial charge in [0, 0.05) is 0 Å². The van der Waals surface area contributed by atoms with Crippen LogP contribution in [0.2, 0.25) is 0 Å². The van der Waals surface area contributed by atoms with Crippen LogP contribution in [0.4, 0.5) is 31.1 Å². The van der Waals surface area contributed by atoms with Crippen molar-refractivity contribution in [1.82, 2.24) is 5.32 Å². The first-order chi connectivity index (χ1) is 7.50. The average Bonchev–Trinajstić information content (AvgIpc) is 1.96. The number of halogens is 6. The highest BCUT2D eigenvalue weighted by atomic mass is 19.4. The molecule has 0 radical (unpaired) electrons. The molecule has 0 bridgehead atoms. The molecular weight excluding hydrogens is 260 g/mol. The van der Waals surface area contributed by atoms with Crippen molar-refractivity contribution in [1.29, 1.82) is 0 Å². The topological polar surface area (TPSA) is 55.4 Å². The first-order valence-electron chi connectivity index (χ1n) is 4.11. The normalized spacial score (nSPS) is 12.5. The van der Waals surface area contributed by atoms with Crippen molar-refractivity contribution in [3.05, 3.63) is 0 Å². The fourth-order valence-electron chi connectivity index (χ4n) is 0.823. The van der Waals surface area contributed by atoms with Gasteiger partial charge < -0.3 is 4.74 Å². The van der Waals surface area contributed by atoms with Gasteiger partial charge in [0.25, 0.3) is 5.91 Å². The van der Waals surface area contributed by atoms with Crippen LogP contribution in [-0.4, -0.2) is 31.0 Å². The van der Waals surface area contributed by atoms with Crippen LogP contribution in [0, 0.1) is 5.92 Å². The van der Waals surface area contributed by atoms with Crippen molar-refractivity contribution in [3.63, 3.8) is 0 Å². The van der Waals surface area contributed by atoms with Crippen molar-refractivity contribution in [2.75, 3.05) is 6.61 Å². The van der Waals surface area contributed by atoms with Gasteiger partial charge >= 0.3 is 18.4 Å². The molecule has 0 rings (SSSR count). The Labute approximate surface area is 90.9 Å². The molecule has 4 nitrogen and oxygen atoms in total. The molecule has 0 aliphatic heterocycles. The number of alkyl halides is 6. The molecule has 0 aliphatic carbocycles. The number of ether oxygens (including phenoxy) is 1. The minimum Gasteiger partial charge on any atom is -0.450 e. The maximum absolute atomic E-state index is 12.0. The molecule has 0 saturated carbocycles. The summed E-state index contributed by atoms with van der Waals surface area (Å²) in [6.45, 7) is 0.955. The van der Waals surface area contributed by atoms with E-state index in [2.05, 4.69) is 4.74 Å². The highest BCUT2D eigenvalue weighted by molar-refractivity contribution is 5.93. The van der Waals surface area contributed by atoms with Crippen LogP contribution >= 0.6 is 0 Å². The zero-order valence-electron chi connectivity index (χ0n) is 8.28. The van der Waals surface area contributed by atoms with Gasteiger partial charge in [0.2, 0.25) is 5.92 Å². The lowest BCUT2D eigenvalue weighted by atomic mass is 10.1. The van der Waals surface area contributed by atoms with E-state index in [9.17, 15) is 35.9 Å². The largest absolute Gasteiger partial charge is 0.450 e. The van der Waals surface area contributed by atoms with Crippen LogP contribution in [0.5, 0.6) is 0 Å². The summed E-state index contributed by atoms with van der Waals surface area (Å²) in [4.78, 5) is 21.2. The van der Waals surface area contributed by atoms with E-state index < -0.39 is 30.3 Å². The highest BCUT2D eigenvalue weighted by Crippen LogP contribution is 2.39. The van der Waals surface area contributed by atoms with Gasteiger partial charge in [-0.1, -0.05) is 0 Å². The van der Waals surface area contributed by atoms with Crippen LogP contribution < -0.4 is 5.32 Å². The molecule has 10 heteroatoms. The van der Waals surface area contributed by atoms with Crippen LogP contribution in [0.25, 0.3) is 0 Å². The number of rotatable bonds is 2. The lowest BCUT2D eigenvalue weighted by Crippen LogP contribution is -2.49. The molecule has 0 aromatic carbocycles. The second-order valence-electron chi connectivity index (χ2n) is 2.73. The zero-order chi connectivity index (χ0) is 13.9. The Morgan fingerprint density at radius 1 is 1.12 bits per heavy atom. The maximum Gasteiger partial charge on any atom is 0.413 e. The third-order valence-electron chi connectivity index (χ3n) is 1.42. The van der Waals surface area contributed by atoms with Crippen LogP contribution in [0.3, 0.4) is 0 Å². The summed E-state index contributed by atoms with van der Waals surface area (Å²) in [6.07, 6.45) is -13.3. The van der Waals surface area contributed by atoms with Crippen molar-refractivity contribution in [2.24, 2.45) is 5.92 Å². The Hall–Kier alpha value is -1.48. The second kappa shape index (κ2) is 5.23. The van der Waals surface area contributed by atoms with Gasteiger partial charge in [-0.05, 0) is 6.92 Å². The molecular formula is C7H7F6NO3. The average molecular weight is 267 g/mol. The van der Waals surface area contributed by atoms with Crippen LogP contribution in [0.1, 0.15) is 6.92 Å². The molecule has 0 spiro atoms. The van der Waals surface area contributed by atoms with E-state index in [4.69, 9.17) is 0 Å². The van der Waals surface area contributed by atoms with E-state index in [0.717, 1.165) is 5.32 Å². The number of carbonyl (C=O) groups is 2. The molecule has 100 valence electrons. The number of carbonyl (C=O) groups excluding carboxylic acids is 2. The molecule has 0 aliphatic rings. The first kappa shape index (κ1) is 15.5. The molecule has 17 heavy (non-hydrogen) atoms. The fraction of sp³-hybridized carbons (Fsp3) is 0.714. The monoisotopic (exact) mass is 267 g/mol. The van der Waals surface area contributed by atoms with E-state index in [1.807, 2.05) is 0 Å². The van der Waals surface area contributed by atoms with Gasteiger partial charge in [0.15, 0.2) is 0 Å². The van der Waals surface area contributed by atoms with E-state index in [0.29, 0.717) is 0 Å². The number of imide groups is 1. The van der Waals surface area contributed by atoms with Crippen molar-refractivity contribution in [2.45, 2.75) is 19.3 Å². The second-order valence-corrected chi connectivity index (χ2v) is 2.73. The van der Waals surface area contributed by atoms with E-state index in [1.165, 1.54) is 6.92 Å². The smallest absolute Gasteiger partial charge is 0.413 e. The molecule has 1 N–H and O–H groups in total. The summed E-state index contributed by atoms with van der Waals surface area (Å²) >= 11 is 0. The third kappa shape index (κ3) is 4.91. The van der Waals surface area contributed by atoms with Gasteiger partial charge in [0.05, 0.1) is 6.61 Å². The van der Waals surface area contributed by atoms with Crippen LogP contribution in [0.15, 0.2) is 0 Å². The Bertz CT molecular complexity index is 283. The highest BCUT2D eigenvalue weighted by Gasteiger charge is 2.61. The van der Waals surface area contributed by atoms with Gasteiger partial charge in [-0.3, -0.25) is 10.1 Å². The molecule has 0 aromatic heterocycles.